The number of rotatable bonds is 5. The molecule has 0 radical (unpaired) electrons. The van der Waals surface area contributed by atoms with Crippen molar-refractivity contribution in [2.45, 2.75) is 5.41 Å². The van der Waals surface area contributed by atoms with Crippen molar-refractivity contribution in [2.24, 2.45) is 0 Å². The Morgan fingerprint density at radius 3 is 1.56 bits per heavy atom. The molecule has 0 amide bonds. The van der Waals surface area contributed by atoms with Gasteiger partial charge in [0.2, 0.25) is 0 Å². The maximum atomic E-state index is 12.6. The number of benzene rings is 5. The number of ether oxygens (including phenoxy) is 2. The van der Waals surface area contributed by atoms with Crippen LogP contribution in [-0.4, -0.2) is 13.1 Å². The summed E-state index contributed by atoms with van der Waals surface area (Å²) in [5.74, 6) is 0.957. The minimum atomic E-state index is -0.512. The Kier molecular flexibility index (Phi) is 5.38. The molecule has 5 aromatic carbocycles. The van der Waals surface area contributed by atoms with Crippen molar-refractivity contribution >= 4 is 5.97 Å². The molecule has 5 aromatic rings. The molecule has 0 atom stereocenters. The van der Waals surface area contributed by atoms with Crippen LogP contribution >= 0.6 is 0 Å². The maximum absolute atomic E-state index is 12.6. The molecule has 0 saturated carbocycles. The first-order valence-corrected chi connectivity index (χ1v) is 11.9. The molecule has 0 spiro atoms. The summed E-state index contributed by atoms with van der Waals surface area (Å²) in [6.07, 6.45) is 0. The van der Waals surface area contributed by atoms with Gasteiger partial charge in [0.25, 0.3) is 0 Å². The van der Waals surface area contributed by atoms with E-state index in [0.29, 0.717) is 11.3 Å². The zero-order chi connectivity index (χ0) is 24.5. The minimum absolute atomic E-state index is 0.371. The zero-order valence-corrected chi connectivity index (χ0v) is 19.8. The Morgan fingerprint density at radius 1 is 0.556 bits per heavy atom. The molecule has 3 heteroatoms. The third kappa shape index (κ3) is 3.40. The predicted molar refractivity (Wildman–Crippen MR) is 142 cm³/mol. The summed E-state index contributed by atoms with van der Waals surface area (Å²) in [4.78, 5) is 12.6. The first-order chi connectivity index (χ1) is 17.7. The molecule has 0 aliphatic heterocycles. The van der Waals surface area contributed by atoms with Gasteiger partial charge in [-0.05, 0) is 69.8 Å². The van der Waals surface area contributed by atoms with Crippen molar-refractivity contribution in [1.29, 1.82) is 0 Å². The molecule has 0 fully saturated rings. The molecular formula is C33H24O3. The SMILES string of the molecule is COc1ccc(C2(c3ccc(OC(=O)c4ccccc4)cc3)c3ccccc3-c3ccccc32)cc1. The number of fused-ring (bicyclic) bond motifs is 3. The van der Waals surface area contributed by atoms with Crippen molar-refractivity contribution in [3.05, 3.63) is 155 Å². The lowest BCUT2D eigenvalue weighted by molar-refractivity contribution is 0.0734. The fourth-order valence-electron chi connectivity index (χ4n) is 5.38. The molecular weight excluding hydrogens is 444 g/mol. The molecule has 6 rings (SSSR count). The Labute approximate surface area is 210 Å². The maximum Gasteiger partial charge on any atom is 0.343 e. The minimum Gasteiger partial charge on any atom is -0.497 e. The van der Waals surface area contributed by atoms with Crippen LogP contribution in [0.25, 0.3) is 11.1 Å². The highest BCUT2D eigenvalue weighted by Gasteiger charge is 2.45. The monoisotopic (exact) mass is 468 g/mol. The topological polar surface area (TPSA) is 35.5 Å². The van der Waals surface area contributed by atoms with E-state index in [9.17, 15) is 4.79 Å². The van der Waals surface area contributed by atoms with Crippen LogP contribution in [0.1, 0.15) is 32.6 Å². The van der Waals surface area contributed by atoms with E-state index in [1.54, 1.807) is 19.2 Å². The number of hydrogen-bond acceptors (Lipinski definition) is 3. The van der Waals surface area contributed by atoms with E-state index in [1.807, 2.05) is 42.5 Å². The van der Waals surface area contributed by atoms with Gasteiger partial charge in [-0.2, -0.15) is 0 Å². The van der Waals surface area contributed by atoms with Crippen molar-refractivity contribution in [2.75, 3.05) is 7.11 Å². The molecule has 0 saturated heterocycles. The molecule has 174 valence electrons. The Bertz CT molecular complexity index is 1490. The van der Waals surface area contributed by atoms with Crippen molar-refractivity contribution in [3.63, 3.8) is 0 Å². The number of hydrogen-bond donors (Lipinski definition) is 0. The average Bonchev–Trinajstić information content (AvgIpc) is 3.25. The van der Waals surface area contributed by atoms with Gasteiger partial charge in [-0.25, -0.2) is 4.79 Å². The van der Waals surface area contributed by atoms with Crippen molar-refractivity contribution < 1.29 is 14.3 Å². The van der Waals surface area contributed by atoms with E-state index in [2.05, 4.69) is 72.8 Å². The second-order valence-corrected chi connectivity index (χ2v) is 8.85. The fourth-order valence-corrected chi connectivity index (χ4v) is 5.38. The van der Waals surface area contributed by atoms with Crippen molar-refractivity contribution in [1.82, 2.24) is 0 Å². The summed E-state index contributed by atoms with van der Waals surface area (Å²) in [6, 6.07) is 42.4. The van der Waals surface area contributed by atoms with Gasteiger partial charge in [0.15, 0.2) is 0 Å². The van der Waals surface area contributed by atoms with Crippen molar-refractivity contribution in [3.8, 4) is 22.6 Å². The quantitative estimate of drug-likeness (QED) is 0.197. The molecule has 36 heavy (non-hydrogen) atoms. The van der Waals surface area contributed by atoms with Gasteiger partial charge < -0.3 is 9.47 Å². The van der Waals surface area contributed by atoms with Gasteiger partial charge in [0, 0.05) is 0 Å². The van der Waals surface area contributed by atoms with Crippen LogP contribution in [0.3, 0.4) is 0 Å². The highest BCUT2D eigenvalue weighted by Crippen LogP contribution is 2.56. The van der Waals surface area contributed by atoms with E-state index >= 15 is 0 Å². The molecule has 0 bridgehead atoms. The summed E-state index contributed by atoms with van der Waals surface area (Å²) in [7, 11) is 1.68. The van der Waals surface area contributed by atoms with Crippen LogP contribution in [0, 0.1) is 0 Å². The molecule has 3 nitrogen and oxygen atoms in total. The summed E-state index contributed by atoms with van der Waals surface area (Å²) in [6.45, 7) is 0. The smallest absolute Gasteiger partial charge is 0.343 e. The average molecular weight is 469 g/mol. The lowest BCUT2D eigenvalue weighted by Crippen LogP contribution is -2.28. The standard InChI is InChI=1S/C33H24O3/c1-35-26-19-15-24(16-20-26)33(30-13-7-5-11-28(30)29-12-6-8-14-31(29)33)25-17-21-27(22-18-25)36-32(34)23-9-3-2-4-10-23/h2-22H,1H3. The second kappa shape index (κ2) is 8.86. The van der Waals surface area contributed by atoms with Crippen LogP contribution in [0.2, 0.25) is 0 Å². The van der Waals surface area contributed by atoms with E-state index < -0.39 is 5.41 Å². The van der Waals surface area contributed by atoms with Crippen LogP contribution in [0.15, 0.2) is 127 Å². The molecule has 1 aliphatic rings. The lowest BCUT2D eigenvalue weighted by Gasteiger charge is -2.34. The molecule has 0 heterocycles. The van der Waals surface area contributed by atoms with E-state index in [-0.39, 0.29) is 5.97 Å². The Hall–Kier alpha value is -4.63. The number of methoxy groups -OCH3 is 1. The van der Waals surface area contributed by atoms with Crippen LogP contribution in [0.4, 0.5) is 0 Å². The molecule has 0 N–H and O–H groups in total. The summed E-state index contributed by atoms with van der Waals surface area (Å²) >= 11 is 0. The summed E-state index contributed by atoms with van der Waals surface area (Å²) in [5, 5.41) is 0. The number of carbonyl (C=O) groups is 1. The summed E-state index contributed by atoms with van der Waals surface area (Å²) < 4.78 is 11.1. The normalized spacial score (nSPS) is 12.9. The van der Waals surface area contributed by atoms with E-state index in [1.165, 1.54) is 22.3 Å². The molecule has 0 aromatic heterocycles. The van der Waals surface area contributed by atoms with Crippen LogP contribution in [0.5, 0.6) is 11.5 Å². The molecule has 1 aliphatic carbocycles. The van der Waals surface area contributed by atoms with Gasteiger partial charge >= 0.3 is 5.97 Å². The highest BCUT2D eigenvalue weighted by molar-refractivity contribution is 5.91. The lowest BCUT2D eigenvalue weighted by atomic mass is 9.68. The van der Waals surface area contributed by atoms with Crippen LogP contribution in [-0.2, 0) is 5.41 Å². The van der Waals surface area contributed by atoms with E-state index in [0.717, 1.165) is 16.9 Å². The number of carbonyl (C=O) groups excluding carboxylic acids is 1. The Balaban J connectivity index is 1.50. The number of esters is 1. The van der Waals surface area contributed by atoms with Gasteiger partial charge in [-0.3, -0.25) is 0 Å². The van der Waals surface area contributed by atoms with Gasteiger partial charge in [-0.1, -0.05) is 91.0 Å². The fraction of sp³-hybridized carbons (Fsp3) is 0.0606. The first-order valence-electron chi connectivity index (χ1n) is 11.9. The third-order valence-electron chi connectivity index (χ3n) is 6.98. The highest BCUT2D eigenvalue weighted by atomic mass is 16.5. The summed E-state index contributed by atoms with van der Waals surface area (Å²) in [5.41, 5.74) is 7.17. The largest absolute Gasteiger partial charge is 0.497 e. The zero-order valence-electron chi connectivity index (χ0n) is 19.8. The first kappa shape index (κ1) is 21.9. The predicted octanol–water partition coefficient (Wildman–Crippen LogP) is 7.28. The van der Waals surface area contributed by atoms with Crippen LogP contribution < -0.4 is 9.47 Å². The molecule has 0 unspecified atom stereocenters. The Morgan fingerprint density at radius 2 is 1.03 bits per heavy atom. The third-order valence-corrected chi connectivity index (χ3v) is 6.98. The van der Waals surface area contributed by atoms with Gasteiger partial charge in [0.1, 0.15) is 11.5 Å². The second-order valence-electron chi connectivity index (χ2n) is 8.85. The van der Waals surface area contributed by atoms with Gasteiger partial charge in [-0.15, -0.1) is 0 Å². The van der Waals surface area contributed by atoms with Gasteiger partial charge in [0.05, 0.1) is 18.1 Å². The van der Waals surface area contributed by atoms with E-state index in [4.69, 9.17) is 9.47 Å².